The molecule has 2 N–H and O–H groups in total. The first-order valence-electron chi connectivity index (χ1n) is 8.87. The highest BCUT2D eigenvalue weighted by atomic mass is 35.5. The lowest BCUT2D eigenvalue weighted by Crippen LogP contribution is -2.48. The highest BCUT2D eigenvalue weighted by molar-refractivity contribution is 5.85. The molecule has 0 aliphatic carbocycles. The molecule has 2 aromatic rings. The topological polar surface area (TPSA) is 54.5 Å². The van der Waals surface area contributed by atoms with Crippen LogP contribution in [0, 0.1) is 0 Å². The van der Waals surface area contributed by atoms with Gasteiger partial charge in [0.1, 0.15) is 0 Å². The first-order chi connectivity index (χ1) is 11.8. The van der Waals surface area contributed by atoms with E-state index >= 15 is 0 Å². The number of fused-ring (bicyclic) bond motifs is 1. The van der Waals surface area contributed by atoms with Gasteiger partial charge in [-0.2, -0.15) is 0 Å². The summed E-state index contributed by atoms with van der Waals surface area (Å²) < 4.78 is 0. The van der Waals surface area contributed by atoms with Crippen LogP contribution >= 0.6 is 12.4 Å². The second-order valence-corrected chi connectivity index (χ2v) is 6.84. The number of rotatable bonds is 4. The number of nitrogens with two attached hydrogens (primary N) is 1. The SMILES string of the molecule is Cl.NC1=N[C@@H](c2ccccc2)C[C@H]2CC[C@H](CCc3ccncc3)N12. The lowest BCUT2D eigenvalue weighted by Gasteiger charge is -2.37. The molecule has 1 saturated heterocycles. The summed E-state index contributed by atoms with van der Waals surface area (Å²) in [6.45, 7) is 0. The number of hydrogen-bond acceptors (Lipinski definition) is 4. The third-order valence-corrected chi connectivity index (χ3v) is 5.37. The van der Waals surface area contributed by atoms with E-state index < -0.39 is 0 Å². The number of aliphatic imine (C=N–C) groups is 1. The summed E-state index contributed by atoms with van der Waals surface area (Å²) in [5.74, 6) is 0.734. The average Bonchev–Trinajstić information content (AvgIpc) is 3.05. The van der Waals surface area contributed by atoms with Crippen LogP contribution in [0.1, 0.15) is 42.9 Å². The fourth-order valence-corrected chi connectivity index (χ4v) is 4.16. The molecule has 0 unspecified atom stereocenters. The monoisotopic (exact) mass is 356 g/mol. The zero-order chi connectivity index (χ0) is 16.4. The minimum Gasteiger partial charge on any atom is -0.370 e. The maximum absolute atomic E-state index is 6.37. The van der Waals surface area contributed by atoms with Gasteiger partial charge in [-0.1, -0.05) is 30.3 Å². The molecule has 2 aliphatic heterocycles. The molecule has 1 aromatic carbocycles. The molecule has 25 heavy (non-hydrogen) atoms. The molecule has 4 rings (SSSR count). The van der Waals surface area contributed by atoms with Gasteiger partial charge in [0, 0.05) is 24.5 Å². The summed E-state index contributed by atoms with van der Waals surface area (Å²) in [6, 6.07) is 16.0. The van der Waals surface area contributed by atoms with E-state index in [0.29, 0.717) is 12.1 Å². The standard InChI is InChI=1S/C20H24N4.ClH/c21-20-23-19(16-4-2-1-3-5-16)14-18-9-8-17(24(18)20)7-6-15-10-12-22-13-11-15;/h1-5,10-13,17-19H,6-9,14H2,(H2,21,23);1H/t17-,18+,19+;/m0./s1. The predicted molar refractivity (Wildman–Crippen MR) is 104 cm³/mol. The molecule has 3 heterocycles. The van der Waals surface area contributed by atoms with Gasteiger partial charge < -0.3 is 10.6 Å². The molecule has 0 spiro atoms. The molecule has 1 fully saturated rings. The maximum Gasteiger partial charge on any atom is 0.192 e. The van der Waals surface area contributed by atoms with Crippen LogP contribution in [0.5, 0.6) is 0 Å². The van der Waals surface area contributed by atoms with Crippen molar-refractivity contribution >= 4 is 18.4 Å². The fourth-order valence-electron chi connectivity index (χ4n) is 4.16. The predicted octanol–water partition coefficient (Wildman–Crippen LogP) is 3.73. The van der Waals surface area contributed by atoms with E-state index in [1.54, 1.807) is 0 Å². The van der Waals surface area contributed by atoms with Crippen molar-refractivity contribution in [2.75, 3.05) is 0 Å². The molecular formula is C20H25ClN4. The number of hydrogen-bond donors (Lipinski definition) is 1. The van der Waals surface area contributed by atoms with E-state index in [2.05, 4.69) is 52.3 Å². The summed E-state index contributed by atoms with van der Waals surface area (Å²) in [4.78, 5) is 11.3. The van der Waals surface area contributed by atoms with E-state index in [-0.39, 0.29) is 18.4 Å². The molecule has 2 aliphatic rings. The summed E-state index contributed by atoms with van der Waals surface area (Å²) in [7, 11) is 0. The van der Waals surface area contributed by atoms with Crippen LogP contribution in [0.3, 0.4) is 0 Å². The second kappa shape index (κ2) is 7.87. The summed E-state index contributed by atoms with van der Waals surface area (Å²) in [6.07, 6.45) is 9.46. The van der Waals surface area contributed by atoms with Crippen molar-refractivity contribution < 1.29 is 0 Å². The van der Waals surface area contributed by atoms with Crippen LogP contribution in [-0.2, 0) is 6.42 Å². The smallest absolute Gasteiger partial charge is 0.192 e. The molecule has 0 saturated carbocycles. The molecule has 0 amide bonds. The number of aryl methyl sites for hydroxylation is 1. The lowest BCUT2D eigenvalue weighted by molar-refractivity contribution is 0.256. The van der Waals surface area contributed by atoms with E-state index in [1.165, 1.54) is 24.0 Å². The van der Waals surface area contributed by atoms with Gasteiger partial charge in [-0.3, -0.25) is 4.98 Å². The van der Waals surface area contributed by atoms with Crippen molar-refractivity contribution in [3.05, 3.63) is 66.0 Å². The Labute approximate surface area is 155 Å². The van der Waals surface area contributed by atoms with E-state index in [4.69, 9.17) is 10.7 Å². The number of halogens is 1. The first kappa shape index (κ1) is 17.7. The molecule has 5 heteroatoms. The zero-order valence-electron chi connectivity index (χ0n) is 14.3. The van der Waals surface area contributed by atoms with Crippen molar-refractivity contribution in [2.45, 2.75) is 50.2 Å². The Balaban J connectivity index is 0.00000182. The largest absolute Gasteiger partial charge is 0.370 e. The van der Waals surface area contributed by atoms with E-state index in [9.17, 15) is 0 Å². The van der Waals surface area contributed by atoms with Crippen molar-refractivity contribution in [2.24, 2.45) is 10.7 Å². The van der Waals surface area contributed by atoms with Gasteiger partial charge in [0.25, 0.3) is 0 Å². The molecule has 0 radical (unpaired) electrons. The Morgan fingerprint density at radius 1 is 1.04 bits per heavy atom. The molecule has 132 valence electrons. The van der Waals surface area contributed by atoms with Crippen molar-refractivity contribution in [3.8, 4) is 0 Å². The summed E-state index contributed by atoms with van der Waals surface area (Å²) >= 11 is 0. The van der Waals surface area contributed by atoms with Crippen molar-refractivity contribution in [1.29, 1.82) is 0 Å². The maximum atomic E-state index is 6.37. The Morgan fingerprint density at radius 2 is 1.80 bits per heavy atom. The summed E-state index contributed by atoms with van der Waals surface area (Å²) in [5.41, 5.74) is 9.00. The van der Waals surface area contributed by atoms with Crippen molar-refractivity contribution in [3.63, 3.8) is 0 Å². The number of nitrogens with zero attached hydrogens (tertiary/aromatic N) is 3. The number of aromatic nitrogens is 1. The molecule has 1 aromatic heterocycles. The molecule has 3 atom stereocenters. The van der Waals surface area contributed by atoms with Gasteiger partial charge in [-0.15, -0.1) is 12.4 Å². The van der Waals surface area contributed by atoms with E-state index in [0.717, 1.165) is 25.2 Å². The molecule has 4 nitrogen and oxygen atoms in total. The minimum absolute atomic E-state index is 0. The first-order valence-corrected chi connectivity index (χ1v) is 8.87. The highest BCUT2D eigenvalue weighted by Crippen LogP contribution is 2.37. The number of pyridine rings is 1. The molecular weight excluding hydrogens is 332 g/mol. The number of guanidine groups is 1. The van der Waals surface area contributed by atoms with Gasteiger partial charge in [-0.05, 0) is 55.4 Å². The lowest BCUT2D eigenvalue weighted by atomic mass is 9.97. The van der Waals surface area contributed by atoms with Crippen molar-refractivity contribution in [1.82, 2.24) is 9.88 Å². The van der Waals surface area contributed by atoms with Gasteiger partial charge in [0.2, 0.25) is 0 Å². The van der Waals surface area contributed by atoms with Gasteiger partial charge in [-0.25, -0.2) is 4.99 Å². The quantitative estimate of drug-likeness (QED) is 0.908. The van der Waals surface area contributed by atoms with Gasteiger partial charge >= 0.3 is 0 Å². The minimum atomic E-state index is 0. The third kappa shape index (κ3) is 3.79. The zero-order valence-corrected chi connectivity index (χ0v) is 15.1. The Hall–Kier alpha value is -2.07. The van der Waals surface area contributed by atoms with Crippen LogP contribution < -0.4 is 5.73 Å². The normalized spacial score (nSPS) is 25.0. The summed E-state index contributed by atoms with van der Waals surface area (Å²) in [5, 5.41) is 0. The third-order valence-electron chi connectivity index (χ3n) is 5.37. The van der Waals surface area contributed by atoms with Crippen LogP contribution in [-0.4, -0.2) is 27.9 Å². The average molecular weight is 357 g/mol. The fraction of sp³-hybridized carbons (Fsp3) is 0.400. The van der Waals surface area contributed by atoms with Gasteiger partial charge in [0.15, 0.2) is 5.96 Å². The van der Waals surface area contributed by atoms with Crippen LogP contribution in [0.2, 0.25) is 0 Å². The van der Waals surface area contributed by atoms with Crippen LogP contribution in [0.15, 0.2) is 59.9 Å². The highest BCUT2D eigenvalue weighted by Gasteiger charge is 2.39. The second-order valence-electron chi connectivity index (χ2n) is 6.84. The molecule has 0 bridgehead atoms. The number of benzene rings is 1. The van der Waals surface area contributed by atoms with Crippen LogP contribution in [0.4, 0.5) is 0 Å². The Morgan fingerprint density at radius 3 is 2.56 bits per heavy atom. The van der Waals surface area contributed by atoms with Gasteiger partial charge in [0.05, 0.1) is 6.04 Å². The Kier molecular flexibility index (Phi) is 5.59. The van der Waals surface area contributed by atoms with Crippen LogP contribution in [0.25, 0.3) is 0 Å². The Bertz CT molecular complexity index is 704. The van der Waals surface area contributed by atoms with E-state index in [1.807, 2.05) is 12.4 Å².